The molecule has 2 aromatic carbocycles. The third kappa shape index (κ3) is 4.07. The van der Waals surface area contributed by atoms with Crippen molar-refractivity contribution < 1.29 is 8.91 Å². The first kappa shape index (κ1) is 19.3. The van der Waals surface area contributed by atoms with E-state index in [9.17, 15) is 9.18 Å². The largest absolute Gasteiger partial charge is 0.338 e. The Kier molecular flexibility index (Phi) is 5.44. The van der Waals surface area contributed by atoms with Gasteiger partial charge >= 0.3 is 0 Å². The third-order valence-electron chi connectivity index (χ3n) is 4.26. The van der Waals surface area contributed by atoms with Gasteiger partial charge in [-0.1, -0.05) is 55.0 Å². The van der Waals surface area contributed by atoms with Crippen LogP contribution in [0.1, 0.15) is 25.6 Å². The maximum atomic E-state index is 14.5. The first-order valence-electron chi connectivity index (χ1n) is 9.24. The molecule has 2 heterocycles. The number of aromatic nitrogens is 4. The molecule has 0 spiro atoms. The van der Waals surface area contributed by atoms with Crippen LogP contribution in [0.15, 0.2) is 63.0 Å². The van der Waals surface area contributed by atoms with Crippen LogP contribution in [0.5, 0.6) is 0 Å². The van der Waals surface area contributed by atoms with E-state index < -0.39 is 5.82 Å². The molecule has 0 fully saturated rings. The van der Waals surface area contributed by atoms with Crippen LogP contribution in [-0.4, -0.2) is 19.7 Å². The highest BCUT2D eigenvalue weighted by molar-refractivity contribution is 7.98. The first-order valence-corrected chi connectivity index (χ1v) is 10.2. The zero-order chi connectivity index (χ0) is 20.4. The minimum atomic E-state index is -0.495. The summed E-state index contributed by atoms with van der Waals surface area (Å²) in [5.74, 6) is 1.33. The number of hydrogen-bond donors (Lipinski definition) is 0. The van der Waals surface area contributed by atoms with Gasteiger partial charge < -0.3 is 4.52 Å². The topological polar surface area (TPSA) is 73.8 Å². The fraction of sp³-hybridized carbons (Fsp3) is 0.238. The SMILES string of the molecule is CC(C)Cc1noc(CSc2nc3ccccc3c(=O)n2-c2ccccc2F)n1. The van der Waals surface area contributed by atoms with Crippen LogP contribution >= 0.6 is 11.8 Å². The van der Waals surface area contributed by atoms with E-state index in [4.69, 9.17) is 4.52 Å². The summed E-state index contributed by atoms with van der Waals surface area (Å²) >= 11 is 1.25. The number of thioether (sulfide) groups is 1. The average molecular weight is 410 g/mol. The summed E-state index contributed by atoms with van der Waals surface area (Å²) in [6.45, 7) is 4.16. The maximum absolute atomic E-state index is 14.5. The molecular weight excluding hydrogens is 391 g/mol. The summed E-state index contributed by atoms with van der Waals surface area (Å²) in [5.41, 5.74) is 0.386. The Balaban J connectivity index is 1.75. The van der Waals surface area contributed by atoms with Crippen molar-refractivity contribution in [2.45, 2.75) is 31.2 Å². The van der Waals surface area contributed by atoms with Crippen LogP contribution in [0, 0.1) is 11.7 Å². The molecule has 0 bridgehead atoms. The number of para-hydroxylation sites is 2. The number of benzene rings is 2. The van der Waals surface area contributed by atoms with Crippen molar-refractivity contribution in [3.63, 3.8) is 0 Å². The molecule has 0 amide bonds. The molecular formula is C21H19FN4O2S. The van der Waals surface area contributed by atoms with Crippen LogP contribution in [0.2, 0.25) is 0 Å². The lowest BCUT2D eigenvalue weighted by Crippen LogP contribution is -2.22. The van der Waals surface area contributed by atoms with E-state index >= 15 is 0 Å². The fourth-order valence-corrected chi connectivity index (χ4v) is 3.82. The molecule has 8 heteroatoms. The molecule has 0 unspecified atom stereocenters. The highest BCUT2D eigenvalue weighted by Crippen LogP contribution is 2.25. The van der Waals surface area contributed by atoms with Crippen molar-refractivity contribution in [1.82, 2.24) is 19.7 Å². The lowest BCUT2D eigenvalue weighted by Gasteiger charge is -2.13. The third-order valence-corrected chi connectivity index (χ3v) is 5.19. The predicted octanol–water partition coefficient (Wildman–Crippen LogP) is 4.40. The van der Waals surface area contributed by atoms with E-state index in [2.05, 4.69) is 29.0 Å². The molecule has 0 radical (unpaired) electrons. The second-order valence-corrected chi connectivity index (χ2v) is 7.94. The van der Waals surface area contributed by atoms with Gasteiger partial charge in [-0.3, -0.25) is 9.36 Å². The van der Waals surface area contributed by atoms with Crippen molar-refractivity contribution >= 4 is 22.7 Å². The van der Waals surface area contributed by atoms with Gasteiger partial charge in [-0.05, 0) is 30.2 Å². The lowest BCUT2D eigenvalue weighted by atomic mass is 10.1. The van der Waals surface area contributed by atoms with Gasteiger partial charge in [-0.2, -0.15) is 4.98 Å². The lowest BCUT2D eigenvalue weighted by molar-refractivity contribution is 0.382. The number of hydrogen-bond acceptors (Lipinski definition) is 6. The normalized spacial score (nSPS) is 11.4. The second-order valence-electron chi connectivity index (χ2n) is 6.99. The zero-order valence-electron chi connectivity index (χ0n) is 16.0. The highest BCUT2D eigenvalue weighted by atomic mass is 32.2. The summed E-state index contributed by atoms with van der Waals surface area (Å²) in [6.07, 6.45) is 0.725. The predicted molar refractivity (Wildman–Crippen MR) is 110 cm³/mol. The van der Waals surface area contributed by atoms with Gasteiger partial charge in [0.05, 0.1) is 22.3 Å². The zero-order valence-corrected chi connectivity index (χ0v) is 16.8. The standard InChI is InChI=1S/C21H19FN4O2S/c1-13(2)11-18-24-19(28-25-18)12-29-21-23-16-9-5-3-7-14(16)20(27)26(21)17-10-6-4-8-15(17)22/h3-10,13H,11-12H2,1-2H3. The average Bonchev–Trinajstić information content (AvgIpc) is 3.14. The molecule has 0 saturated heterocycles. The second kappa shape index (κ2) is 8.16. The monoisotopic (exact) mass is 410 g/mol. The van der Waals surface area contributed by atoms with Gasteiger partial charge in [0, 0.05) is 6.42 Å². The molecule has 0 saturated carbocycles. The van der Waals surface area contributed by atoms with E-state index in [0.717, 1.165) is 6.42 Å². The van der Waals surface area contributed by atoms with Crippen molar-refractivity contribution in [3.05, 3.63) is 76.4 Å². The van der Waals surface area contributed by atoms with Gasteiger partial charge in [-0.25, -0.2) is 9.37 Å². The van der Waals surface area contributed by atoms with E-state index in [1.807, 2.05) is 6.07 Å². The molecule has 0 aliphatic carbocycles. The van der Waals surface area contributed by atoms with E-state index in [0.29, 0.717) is 39.4 Å². The van der Waals surface area contributed by atoms with Crippen LogP contribution in [0.25, 0.3) is 16.6 Å². The summed E-state index contributed by atoms with van der Waals surface area (Å²) in [5, 5.41) is 4.77. The molecule has 0 aliphatic rings. The fourth-order valence-electron chi connectivity index (χ4n) is 2.98. The summed E-state index contributed by atoms with van der Waals surface area (Å²) < 4.78 is 21.1. The van der Waals surface area contributed by atoms with E-state index in [1.54, 1.807) is 36.4 Å². The summed E-state index contributed by atoms with van der Waals surface area (Å²) in [4.78, 5) is 22.1. The van der Waals surface area contributed by atoms with Gasteiger partial charge in [0.2, 0.25) is 5.89 Å². The number of nitrogens with zero attached hydrogens (tertiary/aromatic N) is 4. The Labute approximate surface area is 170 Å². The minimum absolute atomic E-state index is 0.157. The molecule has 6 nitrogen and oxygen atoms in total. The van der Waals surface area contributed by atoms with Gasteiger partial charge in [0.1, 0.15) is 5.82 Å². The molecule has 148 valence electrons. The van der Waals surface area contributed by atoms with Crippen LogP contribution in [-0.2, 0) is 12.2 Å². The van der Waals surface area contributed by atoms with E-state index in [-0.39, 0.29) is 11.2 Å². The number of rotatable bonds is 6. The molecule has 29 heavy (non-hydrogen) atoms. The van der Waals surface area contributed by atoms with Crippen LogP contribution in [0.4, 0.5) is 4.39 Å². The van der Waals surface area contributed by atoms with Gasteiger partial charge in [0.15, 0.2) is 11.0 Å². The molecule has 4 aromatic rings. The van der Waals surface area contributed by atoms with Crippen LogP contribution < -0.4 is 5.56 Å². The molecule has 0 aliphatic heterocycles. The molecule has 0 atom stereocenters. The Morgan fingerprint density at radius 1 is 1.10 bits per heavy atom. The highest BCUT2D eigenvalue weighted by Gasteiger charge is 2.17. The van der Waals surface area contributed by atoms with Crippen molar-refractivity contribution in [3.8, 4) is 5.69 Å². The summed E-state index contributed by atoms with van der Waals surface area (Å²) in [7, 11) is 0. The molecule has 2 aromatic heterocycles. The Morgan fingerprint density at radius 2 is 1.86 bits per heavy atom. The van der Waals surface area contributed by atoms with Crippen molar-refractivity contribution in [2.24, 2.45) is 5.92 Å². The minimum Gasteiger partial charge on any atom is -0.338 e. The molecule has 0 N–H and O–H groups in total. The van der Waals surface area contributed by atoms with Gasteiger partial charge in [-0.15, -0.1) is 0 Å². The van der Waals surface area contributed by atoms with Crippen LogP contribution in [0.3, 0.4) is 0 Å². The Hall–Kier alpha value is -3.00. The summed E-state index contributed by atoms with van der Waals surface area (Å²) in [6, 6.07) is 13.2. The quantitative estimate of drug-likeness (QED) is 0.347. The Morgan fingerprint density at radius 3 is 2.66 bits per heavy atom. The Bertz CT molecular complexity index is 1220. The maximum Gasteiger partial charge on any atom is 0.266 e. The number of halogens is 1. The van der Waals surface area contributed by atoms with Crippen molar-refractivity contribution in [2.75, 3.05) is 0 Å². The van der Waals surface area contributed by atoms with E-state index in [1.165, 1.54) is 22.4 Å². The smallest absolute Gasteiger partial charge is 0.266 e. The molecule has 4 rings (SSSR count). The van der Waals surface area contributed by atoms with Gasteiger partial charge in [0.25, 0.3) is 5.56 Å². The number of fused-ring (bicyclic) bond motifs is 1. The van der Waals surface area contributed by atoms with Crippen molar-refractivity contribution in [1.29, 1.82) is 0 Å². The first-order chi connectivity index (χ1) is 14.0.